The molecule has 1 atom stereocenters. The molecule has 0 radical (unpaired) electrons. The number of aromatic amines is 1. The summed E-state index contributed by atoms with van der Waals surface area (Å²) < 4.78 is 0. The number of rotatable bonds is 3. The Morgan fingerprint density at radius 3 is 2.57 bits per heavy atom. The third-order valence-electron chi connectivity index (χ3n) is 4.27. The molecule has 1 aromatic carbocycles. The van der Waals surface area contributed by atoms with Crippen LogP contribution in [0.15, 0.2) is 24.3 Å². The van der Waals surface area contributed by atoms with Crippen molar-refractivity contribution in [3.8, 4) is 11.4 Å². The number of aryl methyl sites for hydroxylation is 1. The van der Waals surface area contributed by atoms with E-state index in [9.17, 15) is 9.59 Å². The Morgan fingerprint density at radius 1 is 1.35 bits per heavy atom. The molecule has 7 nitrogen and oxygen atoms in total. The first-order valence-electron chi connectivity index (χ1n) is 7.46. The second-order valence-corrected chi connectivity index (χ2v) is 6.08. The molecule has 0 bridgehead atoms. The number of carbonyl (C=O) groups excluding carboxylic acids is 2. The smallest absolute Gasteiger partial charge is 0.239 e. The molecule has 0 saturated carbocycles. The number of likely N-dealkylation sites (tertiary alicyclic amines) is 1. The van der Waals surface area contributed by atoms with E-state index >= 15 is 0 Å². The minimum atomic E-state index is -0.992. The summed E-state index contributed by atoms with van der Waals surface area (Å²) in [7, 11) is 1.72. The topological polar surface area (TPSA) is 91.0 Å². The van der Waals surface area contributed by atoms with Gasteiger partial charge < -0.3 is 10.2 Å². The van der Waals surface area contributed by atoms with E-state index in [-0.39, 0.29) is 11.8 Å². The van der Waals surface area contributed by atoms with Gasteiger partial charge in [0, 0.05) is 24.8 Å². The fourth-order valence-corrected chi connectivity index (χ4v) is 2.68. The molecular weight excluding hydrogens is 294 g/mol. The fourth-order valence-electron chi connectivity index (χ4n) is 2.68. The average molecular weight is 313 g/mol. The lowest BCUT2D eigenvalue weighted by Crippen LogP contribution is -2.40. The largest absolute Gasteiger partial charge is 0.345 e. The quantitative estimate of drug-likeness (QED) is 0.842. The van der Waals surface area contributed by atoms with Crippen molar-refractivity contribution in [1.29, 1.82) is 0 Å². The van der Waals surface area contributed by atoms with E-state index in [0.29, 0.717) is 24.5 Å². The maximum Gasteiger partial charge on any atom is 0.239 e. The fraction of sp³-hybridized carbons (Fsp3) is 0.375. The van der Waals surface area contributed by atoms with Gasteiger partial charge in [-0.05, 0) is 44.5 Å². The maximum atomic E-state index is 12.5. The summed E-state index contributed by atoms with van der Waals surface area (Å²) in [5.41, 5.74) is 0.513. The molecule has 2 amide bonds. The second kappa shape index (κ2) is 5.49. The molecule has 1 fully saturated rings. The Kier molecular flexibility index (Phi) is 3.63. The van der Waals surface area contributed by atoms with E-state index in [4.69, 9.17) is 0 Å². The zero-order valence-electron chi connectivity index (χ0n) is 13.4. The van der Waals surface area contributed by atoms with E-state index in [2.05, 4.69) is 20.5 Å². The molecule has 1 aliphatic heterocycles. The molecule has 1 unspecified atom stereocenters. The predicted octanol–water partition coefficient (Wildman–Crippen LogP) is 1.59. The number of H-pyrrole nitrogens is 1. The first-order valence-corrected chi connectivity index (χ1v) is 7.46. The molecule has 2 aromatic rings. The molecule has 1 aliphatic rings. The van der Waals surface area contributed by atoms with Crippen molar-refractivity contribution in [3.63, 3.8) is 0 Å². The van der Waals surface area contributed by atoms with Crippen LogP contribution in [-0.4, -0.2) is 45.5 Å². The van der Waals surface area contributed by atoms with Crippen molar-refractivity contribution in [1.82, 2.24) is 20.1 Å². The maximum absolute atomic E-state index is 12.5. The summed E-state index contributed by atoms with van der Waals surface area (Å²) in [6.45, 7) is 4.13. The number of hydrogen-bond donors (Lipinski definition) is 2. The van der Waals surface area contributed by atoms with E-state index in [1.807, 2.05) is 19.1 Å². The Bertz CT molecular complexity index is 752. The van der Waals surface area contributed by atoms with Crippen LogP contribution in [0.1, 0.15) is 19.2 Å². The third-order valence-corrected chi connectivity index (χ3v) is 4.27. The zero-order valence-corrected chi connectivity index (χ0v) is 13.4. The standard InChI is InChI=1S/C16H19N5O2/c1-10-17-13(20-19-10)11-4-6-12(7-5-11)18-14(22)16(2)8-9-21(3)15(16)23/h4-7H,8-9H2,1-3H3,(H,18,22)(H,17,19,20). The predicted molar refractivity (Wildman–Crippen MR) is 85.5 cm³/mol. The lowest BCUT2D eigenvalue weighted by molar-refractivity contribution is -0.141. The van der Waals surface area contributed by atoms with Gasteiger partial charge in [-0.15, -0.1) is 0 Å². The van der Waals surface area contributed by atoms with E-state index in [1.165, 1.54) is 0 Å². The number of carbonyl (C=O) groups is 2. The zero-order chi connectivity index (χ0) is 16.6. The first-order chi connectivity index (χ1) is 10.9. The average Bonchev–Trinajstić information content (AvgIpc) is 3.08. The van der Waals surface area contributed by atoms with Crippen LogP contribution >= 0.6 is 0 Å². The number of aromatic nitrogens is 3. The summed E-state index contributed by atoms with van der Waals surface area (Å²) in [6, 6.07) is 7.24. The Balaban J connectivity index is 1.73. The van der Waals surface area contributed by atoms with Gasteiger partial charge >= 0.3 is 0 Å². The highest BCUT2D eigenvalue weighted by atomic mass is 16.2. The molecule has 23 heavy (non-hydrogen) atoms. The number of anilines is 1. The summed E-state index contributed by atoms with van der Waals surface area (Å²) in [6.07, 6.45) is 0.530. The Hall–Kier alpha value is -2.70. The van der Waals surface area contributed by atoms with Crippen LogP contribution in [0.5, 0.6) is 0 Å². The van der Waals surface area contributed by atoms with E-state index in [1.54, 1.807) is 31.0 Å². The number of nitrogens with zero attached hydrogens (tertiary/aromatic N) is 3. The number of nitrogens with one attached hydrogen (secondary N) is 2. The molecular formula is C16H19N5O2. The molecule has 0 spiro atoms. The lowest BCUT2D eigenvalue weighted by atomic mass is 9.87. The number of hydrogen-bond acceptors (Lipinski definition) is 4. The minimum Gasteiger partial charge on any atom is -0.345 e. The first kappa shape index (κ1) is 15.2. The van der Waals surface area contributed by atoms with Crippen LogP contribution in [0.2, 0.25) is 0 Å². The van der Waals surface area contributed by atoms with Gasteiger partial charge in [0.1, 0.15) is 11.2 Å². The summed E-state index contributed by atoms with van der Waals surface area (Å²) in [5.74, 6) is 0.949. The minimum absolute atomic E-state index is 0.136. The molecule has 2 N–H and O–H groups in total. The van der Waals surface area contributed by atoms with Gasteiger partial charge in [0.15, 0.2) is 5.82 Å². The summed E-state index contributed by atoms with van der Waals surface area (Å²) >= 11 is 0. The molecule has 120 valence electrons. The highest BCUT2D eigenvalue weighted by Crippen LogP contribution is 2.32. The monoisotopic (exact) mass is 313 g/mol. The Morgan fingerprint density at radius 2 is 2.04 bits per heavy atom. The Labute approximate surface area is 134 Å². The van der Waals surface area contributed by atoms with E-state index < -0.39 is 5.41 Å². The van der Waals surface area contributed by atoms with Crippen LogP contribution < -0.4 is 5.32 Å². The van der Waals surface area contributed by atoms with Crippen LogP contribution in [0.25, 0.3) is 11.4 Å². The van der Waals surface area contributed by atoms with Crippen molar-refractivity contribution in [3.05, 3.63) is 30.1 Å². The lowest BCUT2D eigenvalue weighted by Gasteiger charge is -2.21. The van der Waals surface area contributed by atoms with Crippen LogP contribution in [-0.2, 0) is 9.59 Å². The van der Waals surface area contributed by atoms with Gasteiger partial charge in [0.05, 0.1) is 0 Å². The highest BCUT2D eigenvalue weighted by molar-refractivity contribution is 6.11. The van der Waals surface area contributed by atoms with Gasteiger partial charge in [-0.2, -0.15) is 5.10 Å². The van der Waals surface area contributed by atoms with Crippen molar-refractivity contribution < 1.29 is 9.59 Å². The molecule has 1 saturated heterocycles. The number of benzene rings is 1. The number of amides is 2. The van der Waals surface area contributed by atoms with Crippen molar-refractivity contribution in [2.45, 2.75) is 20.3 Å². The summed E-state index contributed by atoms with van der Waals surface area (Å²) in [4.78, 5) is 30.5. The van der Waals surface area contributed by atoms with Gasteiger partial charge in [-0.3, -0.25) is 14.7 Å². The van der Waals surface area contributed by atoms with Crippen molar-refractivity contribution >= 4 is 17.5 Å². The highest BCUT2D eigenvalue weighted by Gasteiger charge is 2.47. The van der Waals surface area contributed by atoms with Gasteiger partial charge in [0.25, 0.3) is 0 Å². The van der Waals surface area contributed by atoms with E-state index in [0.717, 1.165) is 11.4 Å². The molecule has 1 aromatic heterocycles. The van der Waals surface area contributed by atoms with Gasteiger partial charge in [0.2, 0.25) is 11.8 Å². The third kappa shape index (κ3) is 2.69. The van der Waals surface area contributed by atoms with Crippen LogP contribution in [0.3, 0.4) is 0 Å². The van der Waals surface area contributed by atoms with Gasteiger partial charge in [-0.1, -0.05) is 0 Å². The van der Waals surface area contributed by atoms with Crippen molar-refractivity contribution in [2.24, 2.45) is 5.41 Å². The molecule has 0 aliphatic carbocycles. The van der Waals surface area contributed by atoms with Crippen LogP contribution in [0.4, 0.5) is 5.69 Å². The second-order valence-electron chi connectivity index (χ2n) is 6.08. The molecule has 2 heterocycles. The normalized spacial score (nSPS) is 20.8. The van der Waals surface area contributed by atoms with Crippen molar-refractivity contribution in [2.75, 3.05) is 18.9 Å². The summed E-state index contributed by atoms with van der Waals surface area (Å²) in [5, 5.41) is 9.71. The molecule has 7 heteroatoms. The van der Waals surface area contributed by atoms with Gasteiger partial charge in [-0.25, -0.2) is 4.98 Å². The van der Waals surface area contributed by atoms with Crippen LogP contribution in [0, 0.1) is 12.3 Å². The molecule has 3 rings (SSSR count). The SMILES string of the molecule is Cc1nc(-c2ccc(NC(=O)C3(C)CCN(C)C3=O)cc2)n[nH]1.